The fourth-order valence-corrected chi connectivity index (χ4v) is 2.21. The largest absolute Gasteiger partial charge is 0.496 e. The molecule has 88 valence electrons. The molecule has 1 heterocycles. The number of hydrogen-bond donors (Lipinski definition) is 2. The minimum Gasteiger partial charge on any atom is -0.496 e. The Bertz CT molecular complexity index is 370. The Kier molecular flexibility index (Phi) is 3.41. The summed E-state index contributed by atoms with van der Waals surface area (Å²) in [5.74, 6) is 0.506. The quantitative estimate of drug-likeness (QED) is 0.794. The van der Waals surface area contributed by atoms with Gasteiger partial charge in [0.05, 0.1) is 7.11 Å². The van der Waals surface area contributed by atoms with Crippen LogP contribution in [0.2, 0.25) is 0 Å². The number of methoxy groups -OCH3 is 1. The molecule has 1 aromatic carbocycles. The molecule has 1 aliphatic heterocycles. The van der Waals surface area contributed by atoms with E-state index in [2.05, 4.69) is 5.32 Å². The molecule has 3 N–H and O–H groups in total. The highest BCUT2D eigenvalue weighted by molar-refractivity contribution is 5.38. The molecule has 2 unspecified atom stereocenters. The highest BCUT2D eigenvalue weighted by Crippen LogP contribution is 2.30. The highest BCUT2D eigenvalue weighted by Gasteiger charge is 2.25. The summed E-state index contributed by atoms with van der Waals surface area (Å²) in [6.45, 7) is 1.77. The highest BCUT2D eigenvalue weighted by atomic mass is 19.1. The molecule has 0 spiro atoms. The lowest BCUT2D eigenvalue weighted by atomic mass is 9.87. The Hall–Kier alpha value is -1.13. The van der Waals surface area contributed by atoms with Crippen molar-refractivity contribution in [1.29, 1.82) is 0 Å². The SMILES string of the molecule is COc1cc(F)ccc1C1CNCCC1N. The fraction of sp³-hybridized carbons (Fsp3) is 0.500. The van der Waals surface area contributed by atoms with E-state index in [4.69, 9.17) is 10.5 Å². The van der Waals surface area contributed by atoms with Gasteiger partial charge in [-0.15, -0.1) is 0 Å². The lowest BCUT2D eigenvalue weighted by Gasteiger charge is -2.30. The van der Waals surface area contributed by atoms with Gasteiger partial charge in [0.25, 0.3) is 0 Å². The monoisotopic (exact) mass is 224 g/mol. The van der Waals surface area contributed by atoms with E-state index in [1.54, 1.807) is 13.2 Å². The van der Waals surface area contributed by atoms with Crippen molar-refractivity contribution >= 4 is 0 Å². The molecular formula is C12H17FN2O. The van der Waals surface area contributed by atoms with E-state index in [1.807, 2.05) is 0 Å². The lowest BCUT2D eigenvalue weighted by molar-refractivity contribution is 0.369. The molecule has 1 aliphatic rings. The molecule has 0 bridgehead atoms. The first-order valence-electron chi connectivity index (χ1n) is 5.52. The zero-order valence-electron chi connectivity index (χ0n) is 9.37. The summed E-state index contributed by atoms with van der Waals surface area (Å²) in [5, 5.41) is 3.30. The van der Waals surface area contributed by atoms with Gasteiger partial charge in [-0.25, -0.2) is 4.39 Å². The number of nitrogens with one attached hydrogen (secondary N) is 1. The Morgan fingerprint density at radius 1 is 1.50 bits per heavy atom. The summed E-state index contributed by atoms with van der Waals surface area (Å²) in [6, 6.07) is 4.75. The Labute approximate surface area is 94.8 Å². The van der Waals surface area contributed by atoms with E-state index in [0.29, 0.717) is 5.75 Å². The van der Waals surface area contributed by atoms with Crippen LogP contribution in [0.3, 0.4) is 0 Å². The summed E-state index contributed by atoms with van der Waals surface area (Å²) in [5.41, 5.74) is 7.07. The maximum atomic E-state index is 13.1. The normalized spacial score (nSPS) is 25.4. The number of benzene rings is 1. The van der Waals surface area contributed by atoms with E-state index in [1.165, 1.54) is 12.1 Å². The van der Waals surface area contributed by atoms with Crippen molar-refractivity contribution in [3.8, 4) is 5.75 Å². The second kappa shape index (κ2) is 4.80. The number of halogens is 1. The van der Waals surface area contributed by atoms with Crippen LogP contribution in [0.1, 0.15) is 17.9 Å². The van der Waals surface area contributed by atoms with Crippen LogP contribution in [0.5, 0.6) is 5.75 Å². The van der Waals surface area contributed by atoms with Crippen LogP contribution in [0, 0.1) is 5.82 Å². The third-order valence-electron chi connectivity index (χ3n) is 3.13. The summed E-state index contributed by atoms with van der Waals surface area (Å²) >= 11 is 0. The van der Waals surface area contributed by atoms with E-state index >= 15 is 0 Å². The van der Waals surface area contributed by atoms with Gasteiger partial charge in [0, 0.05) is 30.1 Å². The Morgan fingerprint density at radius 3 is 3.00 bits per heavy atom. The summed E-state index contributed by atoms with van der Waals surface area (Å²) in [4.78, 5) is 0. The van der Waals surface area contributed by atoms with Crippen molar-refractivity contribution in [2.45, 2.75) is 18.4 Å². The minimum absolute atomic E-state index is 0.112. The lowest BCUT2D eigenvalue weighted by Crippen LogP contribution is -2.43. The van der Waals surface area contributed by atoms with Crippen LogP contribution in [-0.2, 0) is 0 Å². The third-order valence-corrected chi connectivity index (χ3v) is 3.13. The topological polar surface area (TPSA) is 47.3 Å². The average Bonchev–Trinajstić information content (AvgIpc) is 2.30. The van der Waals surface area contributed by atoms with Crippen molar-refractivity contribution in [1.82, 2.24) is 5.32 Å². The molecule has 1 aromatic rings. The minimum atomic E-state index is -0.280. The van der Waals surface area contributed by atoms with Crippen LogP contribution in [0.25, 0.3) is 0 Å². The molecule has 2 atom stereocenters. The first kappa shape index (κ1) is 11.4. The van der Waals surface area contributed by atoms with Crippen LogP contribution in [0.4, 0.5) is 4.39 Å². The molecule has 16 heavy (non-hydrogen) atoms. The van der Waals surface area contributed by atoms with Gasteiger partial charge in [0.2, 0.25) is 0 Å². The van der Waals surface area contributed by atoms with Gasteiger partial charge in [-0.2, -0.15) is 0 Å². The molecule has 1 fully saturated rings. The van der Waals surface area contributed by atoms with Gasteiger partial charge in [-0.05, 0) is 19.0 Å². The zero-order chi connectivity index (χ0) is 11.5. The van der Waals surface area contributed by atoms with Gasteiger partial charge in [0.1, 0.15) is 11.6 Å². The number of hydrogen-bond acceptors (Lipinski definition) is 3. The molecule has 4 heteroatoms. The van der Waals surface area contributed by atoms with Crippen LogP contribution < -0.4 is 15.8 Å². The summed E-state index contributed by atoms with van der Waals surface area (Å²) in [6.07, 6.45) is 0.936. The van der Waals surface area contributed by atoms with Crippen molar-refractivity contribution in [3.63, 3.8) is 0 Å². The molecule has 0 aliphatic carbocycles. The van der Waals surface area contributed by atoms with E-state index in [0.717, 1.165) is 25.1 Å². The maximum absolute atomic E-state index is 13.1. The Morgan fingerprint density at radius 2 is 2.31 bits per heavy atom. The molecule has 0 radical (unpaired) electrons. The second-order valence-electron chi connectivity index (χ2n) is 4.15. The second-order valence-corrected chi connectivity index (χ2v) is 4.15. The molecule has 3 nitrogen and oxygen atoms in total. The van der Waals surface area contributed by atoms with E-state index in [-0.39, 0.29) is 17.8 Å². The first-order valence-corrected chi connectivity index (χ1v) is 5.52. The van der Waals surface area contributed by atoms with E-state index < -0.39 is 0 Å². The van der Waals surface area contributed by atoms with Gasteiger partial charge in [0.15, 0.2) is 0 Å². The van der Waals surface area contributed by atoms with Crippen molar-refractivity contribution in [2.24, 2.45) is 5.73 Å². The predicted octanol–water partition coefficient (Wildman–Crippen LogP) is 1.24. The fourth-order valence-electron chi connectivity index (χ4n) is 2.21. The summed E-state index contributed by atoms with van der Waals surface area (Å²) < 4.78 is 18.3. The zero-order valence-corrected chi connectivity index (χ0v) is 9.37. The van der Waals surface area contributed by atoms with Crippen molar-refractivity contribution in [2.75, 3.05) is 20.2 Å². The summed E-state index contributed by atoms with van der Waals surface area (Å²) in [7, 11) is 1.56. The molecular weight excluding hydrogens is 207 g/mol. The number of piperidine rings is 1. The standard InChI is InChI=1S/C12H17FN2O/c1-16-12-6-8(13)2-3-9(12)10-7-15-5-4-11(10)14/h2-3,6,10-11,15H,4-5,7,14H2,1H3. The van der Waals surface area contributed by atoms with Crippen LogP contribution in [-0.4, -0.2) is 26.2 Å². The van der Waals surface area contributed by atoms with Crippen molar-refractivity contribution in [3.05, 3.63) is 29.6 Å². The predicted molar refractivity (Wildman–Crippen MR) is 61.2 cm³/mol. The first-order chi connectivity index (χ1) is 7.72. The molecule has 2 rings (SSSR count). The third kappa shape index (κ3) is 2.18. The van der Waals surface area contributed by atoms with Gasteiger partial charge in [-0.1, -0.05) is 6.07 Å². The number of nitrogens with two attached hydrogens (primary N) is 1. The molecule has 0 saturated carbocycles. The number of ether oxygens (including phenoxy) is 1. The average molecular weight is 224 g/mol. The van der Waals surface area contributed by atoms with Crippen LogP contribution in [0.15, 0.2) is 18.2 Å². The molecule has 0 amide bonds. The molecule has 0 aromatic heterocycles. The van der Waals surface area contributed by atoms with E-state index in [9.17, 15) is 4.39 Å². The van der Waals surface area contributed by atoms with Crippen LogP contribution >= 0.6 is 0 Å². The molecule has 1 saturated heterocycles. The van der Waals surface area contributed by atoms with Crippen molar-refractivity contribution < 1.29 is 9.13 Å². The van der Waals surface area contributed by atoms with Gasteiger partial charge in [-0.3, -0.25) is 0 Å². The Balaban J connectivity index is 2.30. The smallest absolute Gasteiger partial charge is 0.126 e. The maximum Gasteiger partial charge on any atom is 0.126 e. The van der Waals surface area contributed by atoms with Gasteiger partial charge >= 0.3 is 0 Å². The van der Waals surface area contributed by atoms with Gasteiger partial charge < -0.3 is 15.8 Å². The number of rotatable bonds is 2.